The van der Waals surface area contributed by atoms with E-state index in [-0.39, 0.29) is 23.0 Å². The SMILES string of the molecule is C1CCC(N2CCCCC2)CC1.C=CS/C=C(\CCCN(C)C1CCN(C(O)NCC(C)=O)CC1)NC=O.CCC.CNc1c(Cl)cc(C)cc1C(F)(F)F. The van der Waals surface area contributed by atoms with Gasteiger partial charge in [-0.25, -0.2) is 0 Å². The van der Waals surface area contributed by atoms with Crippen LogP contribution in [0.25, 0.3) is 0 Å². The van der Waals surface area contributed by atoms with Crippen molar-refractivity contribution in [2.75, 3.05) is 58.7 Å². The van der Waals surface area contributed by atoms with E-state index in [0.29, 0.717) is 18.0 Å². The van der Waals surface area contributed by atoms with Crippen LogP contribution in [0, 0.1) is 6.92 Å². The van der Waals surface area contributed by atoms with Crippen molar-refractivity contribution in [3.05, 3.63) is 51.4 Å². The van der Waals surface area contributed by atoms with Crippen LogP contribution in [-0.4, -0.2) is 104 Å². The average molecular weight is 820 g/mol. The normalized spacial score (nSPS) is 18.1. The van der Waals surface area contributed by atoms with Gasteiger partial charge >= 0.3 is 6.18 Å². The molecular formula is C41H70ClF3N6O3S. The van der Waals surface area contributed by atoms with E-state index in [4.69, 9.17) is 11.6 Å². The molecule has 1 aromatic carbocycles. The third-order valence-electron chi connectivity index (χ3n) is 9.78. The number of amides is 1. The molecule has 1 aliphatic carbocycles. The monoisotopic (exact) mass is 818 g/mol. The molecule has 1 aromatic rings. The number of rotatable bonds is 15. The maximum Gasteiger partial charge on any atom is 0.418 e. The van der Waals surface area contributed by atoms with Gasteiger partial charge in [-0.05, 0) is 120 Å². The molecule has 0 radical (unpaired) electrons. The van der Waals surface area contributed by atoms with Gasteiger partial charge < -0.3 is 25.5 Å². The number of alkyl halides is 3. The van der Waals surface area contributed by atoms with Crippen molar-refractivity contribution in [3.8, 4) is 0 Å². The molecule has 14 heteroatoms. The largest absolute Gasteiger partial charge is 0.418 e. The number of hydrogen-bond acceptors (Lipinski definition) is 9. The number of allylic oxidation sites excluding steroid dienone is 1. The number of piperidine rings is 2. The second-order valence-corrected chi connectivity index (χ2v) is 15.8. The quantitative estimate of drug-likeness (QED) is 0.102. The lowest BCUT2D eigenvalue weighted by Gasteiger charge is -2.38. The van der Waals surface area contributed by atoms with Crippen molar-refractivity contribution in [1.29, 1.82) is 0 Å². The number of anilines is 1. The highest BCUT2D eigenvalue weighted by molar-refractivity contribution is 8.04. The number of aliphatic hydroxyl groups excluding tert-OH is 1. The Kier molecular flexibility index (Phi) is 27.0. The van der Waals surface area contributed by atoms with E-state index in [1.54, 1.807) is 12.3 Å². The zero-order chi connectivity index (χ0) is 41.2. The molecule has 2 aliphatic heterocycles. The van der Waals surface area contributed by atoms with Gasteiger partial charge in [0.05, 0.1) is 22.8 Å². The van der Waals surface area contributed by atoms with Crippen molar-refractivity contribution in [2.24, 2.45) is 0 Å². The van der Waals surface area contributed by atoms with Gasteiger partial charge in [0.25, 0.3) is 0 Å². The number of halogens is 4. The fourth-order valence-corrected chi connectivity index (χ4v) is 7.77. The summed E-state index contributed by atoms with van der Waals surface area (Å²) in [7, 11) is 3.53. The summed E-state index contributed by atoms with van der Waals surface area (Å²) in [6.07, 6.45) is 12.4. The van der Waals surface area contributed by atoms with Gasteiger partial charge in [-0.3, -0.25) is 19.8 Å². The van der Waals surface area contributed by atoms with Crippen LogP contribution in [0.3, 0.4) is 0 Å². The van der Waals surface area contributed by atoms with Crippen molar-refractivity contribution in [1.82, 2.24) is 25.3 Å². The van der Waals surface area contributed by atoms with Crippen LogP contribution in [0.15, 0.2) is 35.2 Å². The van der Waals surface area contributed by atoms with E-state index in [0.717, 1.165) is 63.1 Å². The summed E-state index contributed by atoms with van der Waals surface area (Å²) in [6.45, 7) is 16.5. The Morgan fingerprint density at radius 3 is 2.20 bits per heavy atom. The molecule has 1 atom stereocenters. The zero-order valence-electron chi connectivity index (χ0n) is 34.3. The van der Waals surface area contributed by atoms with Crippen LogP contribution in [0.4, 0.5) is 18.9 Å². The number of carbonyl (C=O) groups is 2. The number of benzene rings is 1. The summed E-state index contributed by atoms with van der Waals surface area (Å²) in [5.41, 5.74) is 0.587. The maximum absolute atomic E-state index is 12.5. The van der Waals surface area contributed by atoms with Crippen LogP contribution >= 0.6 is 23.4 Å². The Balaban J connectivity index is 0.000000434. The van der Waals surface area contributed by atoms with Gasteiger partial charge in [-0.15, -0.1) is 11.8 Å². The number of hydrogen-bond donors (Lipinski definition) is 4. The molecule has 0 bridgehead atoms. The molecule has 4 rings (SSSR count). The first-order chi connectivity index (χ1) is 26.2. The van der Waals surface area contributed by atoms with E-state index in [1.165, 1.54) is 103 Å². The smallest absolute Gasteiger partial charge is 0.386 e. The van der Waals surface area contributed by atoms with Crippen molar-refractivity contribution >= 4 is 41.2 Å². The van der Waals surface area contributed by atoms with Crippen molar-refractivity contribution < 1.29 is 27.9 Å². The molecule has 2 heterocycles. The lowest BCUT2D eigenvalue weighted by Crippen LogP contribution is -2.52. The van der Waals surface area contributed by atoms with Crippen LogP contribution in [-0.2, 0) is 15.8 Å². The zero-order valence-corrected chi connectivity index (χ0v) is 35.9. The highest BCUT2D eigenvalue weighted by Gasteiger charge is 2.34. The summed E-state index contributed by atoms with van der Waals surface area (Å²) in [5.74, 6) is 0.0163. The number of aryl methyl sites for hydroxylation is 1. The van der Waals surface area contributed by atoms with E-state index >= 15 is 0 Å². The fraction of sp³-hybridized carbons (Fsp3) is 0.707. The number of aliphatic hydroxyl groups is 1. The lowest BCUT2D eigenvalue weighted by atomic mass is 9.93. The van der Waals surface area contributed by atoms with Gasteiger partial charge in [0.15, 0.2) is 6.35 Å². The topological polar surface area (TPSA) is 100 Å². The van der Waals surface area contributed by atoms with E-state index in [2.05, 4.69) is 53.2 Å². The number of nitrogens with one attached hydrogen (secondary N) is 3. The van der Waals surface area contributed by atoms with Gasteiger partial charge in [0, 0.05) is 37.9 Å². The number of ketones is 1. The molecule has 3 fully saturated rings. The molecule has 0 spiro atoms. The van der Waals surface area contributed by atoms with Crippen LogP contribution in [0.5, 0.6) is 0 Å². The van der Waals surface area contributed by atoms with Crippen molar-refractivity contribution in [2.45, 2.75) is 136 Å². The second-order valence-electron chi connectivity index (χ2n) is 14.5. The molecule has 0 aromatic heterocycles. The molecule has 4 N–H and O–H groups in total. The Morgan fingerprint density at radius 1 is 1.07 bits per heavy atom. The summed E-state index contributed by atoms with van der Waals surface area (Å²) in [5, 5.41) is 21.8. The van der Waals surface area contributed by atoms with Gasteiger partial charge in [0.1, 0.15) is 5.78 Å². The lowest BCUT2D eigenvalue weighted by molar-refractivity contribution is -0.137. The fourth-order valence-electron chi connectivity index (χ4n) is 6.96. The average Bonchev–Trinajstić information content (AvgIpc) is 3.17. The summed E-state index contributed by atoms with van der Waals surface area (Å²) in [6, 6.07) is 4.01. The molecule has 55 heavy (non-hydrogen) atoms. The molecule has 1 unspecified atom stereocenters. The third kappa shape index (κ3) is 21.3. The Hall–Kier alpha value is -2.13. The second kappa shape index (κ2) is 29.1. The molecule has 1 saturated carbocycles. The Labute approximate surface area is 339 Å². The summed E-state index contributed by atoms with van der Waals surface area (Å²) in [4.78, 5) is 28.7. The standard InChI is InChI=1S/C18H32N4O3S.C11H21N.C9H9ClF3N.C3H8/c1-4-26-13-16(20-14-23)6-5-9-21(3)17-7-10-22(11-8-17)18(25)19-12-15(2)24;1-3-7-11(8-4-1)12-9-5-2-6-10-12;1-5-3-6(9(11,12)13)8(14-2)7(10)4-5;1-3-2/h4,13-14,17-19,25H,1,5-12H2,2-3H3,(H,20,23);11H,1-10H2;3-4,14H,1-2H3;3H2,1-2H3/b16-13+;;;. The van der Waals surface area contributed by atoms with E-state index in [9.17, 15) is 27.9 Å². The molecule has 2 saturated heterocycles. The first kappa shape index (κ1) is 50.9. The van der Waals surface area contributed by atoms with Gasteiger partial charge in [-0.1, -0.05) is 64.1 Å². The van der Waals surface area contributed by atoms with E-state index in [1.807, 2.05) is 10.3 Å². The van der Waals surface area contributed by atoms with Gasteiger partial charge in [-0.2, -0.15) is 13.2 Å². The molecule has 3 aliphatic rings. The maximum atomic E-state index is 12.5. The highest BCUT2D eigenvalue weighted by Crippen LogP contribution is 2.39. The summed E-state index contributed by atoms with van der Waals surface area (Å²) < 4.78 is 37.5. The Bertz CT molecular complexity index is 1240. The number of Topliss-reactive ketones (excluding diaryl/α,β-unsaturated/α-hetero) is 1. The minimum absolute atomic E-state index is 0.0163. The molecule has 9 nitrogen and oxygen atoms in total. The molecule has 1 amide bonds. The number of thioether (sulfide) groups is 1. The predicted octanol–water partition coefficient (Wildman–Crippen LogP) is 9.01. The summed E-state index contributed by atoms with van der Waals surface area (Å²) >= 11 is 7.14. The Morgan fingerprint density at radius 2 is 1.67 bits per heavy atom. The first-order valence-electron chi connectivity index (χ1n) is 20.0. The van der Waals surface area contributed by atoms with E-state index < -0.39 is 18.1 Å². The third-order valence-corrected chi connectivity index (χ3v) is 10.7. The number of nitrogens with zero attached hydrogens (tertiary/aromatic N) is 3. The predicted molar refractivity (Wildman–Crippen MR) is 225 cm³/mol. The number of carbonyl (C=O) groups excluding carboxylic acids is 2. The molecular weight excluding hydrogens is 749 g/mol. The van der Waals surface area contributed by atoms with Crippen LogP contribution < -0.4 is 16.0 Å². The molecule has 316 valence electrons. The van der Waals surface area contributed by atoms with Crippen LogP contribution in [0.1, 0.15) is 115 Å². The minimum atomic E-state index is -4.38. The minimum Gasteiger partial charge on any atom is -0.386 e. The van der Waals surface area contributed by atoms with Gasteiger partial charge in [0.2, 0.25) is 6.41 Å². The first-order valence-corrected chi connectivity index (χ1v) is 21.3. The van der Waals surface area contributed by atoms with Crippen LogP contribution in [0.2, 0.25) is 5.02 Å². The number of likely N-dealkylation sites (tertiary alicyclic amines) is 2. The van der Waals surface area contributed by atoms with Crippen molar-refractivity contribution in [3.63, 3.8) is 0 Å². The highest BCUT2D eigenvalue weighted by atomic mass is 35.5.